The molecule has 0 bridgehead atoms. The molecular formula is C18H12F3NO3. The van der Waals surface area contributed by atoms with E-state index in [-0.39, 0.29) is 12.0 Å². The van der Waals surface area contributed by atoms with Gasteiger partial charge in [0.1, 0.15) is 11.9 Å². The minimum Gasteiger partial charge on any atom is -0.491 e. The van der Waals surface area contributed by atoms with Crippen LogP contribution in [0.1, 0.15) is 22.8 Å². The van der Waals surface area contributed by atoms with E-state index in [0.29, 0.717) is 29.1 Å². The van der Waals surface area contributed by atoms with Gasteiger partial charge in [-0.25, -0.2) is 0 Å². The summed E-state index contributed by atoms with van der Waals surface area (Å²) >= 11 is 0. The van der Waals surface area contributed by atoms with Crippen LogP contribution in [0.4, 0.5) is 13.2 Å². The third kappa shape index (κ3) is 2.93. The van der Waals surface area contributed by atoms with Crippen LogP contribution in [0.5, 0.6) is 11.6 Å². The summed E-state index contributed by atoms with van der Waals surface area (Å²) in [5.41, 5.74) is 1.35. The second kappa shape index (κ2) is 5.54. The largest absolute Gasteiger partial charge is 0.491 e. The number of benzene rings is 2. The molecule has 1 aliphatic rings. The number of rotatable bonds is 2. The molecule has 0 saturated heterocycles. The van der Waals surface area contributed by atoms with Gasteiger partial charge in [-0.2, -0.15) is 13.2 Å². The molecule has 3 aromatic rings. The number of alkyl halides is 3. The van der Waals surface area contributed by atoms with E-state index in [9.17, 15) is 18.3 Å². The van der Waals surface area contributed by atoms with E-state index >= 15 is 0 Å². The average Bonchev–Trinajstić information content (AvgIpc) is 3.19. The Kier molecular flexibility index (Phi) is 3.45. The fourth-order valence-corrected chi connectivity index (χ4v) is 2.90. The predicted molar refractivity (Wildman–Crippen MR) is 82.1 cm³/mol. The van der Waals surface area contributed by atoms with Crippen molar-refractivity contribution in [3.63, 3.8) is 0 Å². The Morgan fingerprint density at radius 3 is 2.64 bits per heavy atom. The van der Waals surface area contributed by atoms with Crippen LogP contribution in [-0.4, -0.2) is 10.3 Å². The average molecular weight is 347 g/mol. The number of aromatic nitrogens is 1. The summed E-state index contributed by atoms with van der Waals surface area (Å²) in [4.78, 5) is 0. The van der Waals surface area contributed by atoms with Crippen molar-refractivity contribution in [2.24, 2.45) is 0 Å². The van der Waals surface area contributed by atoms with Gasteiger partial charge in [0.25, 0.3) is 5.88 Å². The predicted octanol–water partition coefficient (Wildman–Crippen LogP) is 4.74. The van der Waals surface area contributed by atoms with E-state index in [1.54, 1.807) is 18.2 Å². The number of aromatic hydroxyl groups is 1. The third-order valence-electron chi connectivity index (χ3n) is 4.10. The molecule has 1 aliphatic heterocycles. The van der Waals surface area contributed by atoms with E-state index in [0.717, 1.165) is 17.7 Å². The van der Waals surface area contributed by atoms with Crippen molar-refractivity contribution in [1.29, 1.82) is 0 Å². The quantitative estimate of drug-likeness (QED) is 0.727. The Morgan fingerprint density at radius 1 is 1.08 bits per heavy atom. The number of fused-ring (bicyclic) bond motifs is 1. The molecule has 4 rings (SSSR count). The van der Waals surface area contributed by atoms with Gasteiger partial charge in [0.2, 0.25) is 0 Å². The molecule has 2 heterocycles. The minimum absolute atomic E-state index is 0.218. The smallest absolute Gasteiger partial charge is 0.416 e. The van der Waals surface area contributed by atoms with E-state index in [1.165, 1.54) is 12.1 Å². The molecule has 2 aromatic carbocycles. The maximum Gasteiger partial charge on any atom is 0.416 e. The van der Waals surface area contributed by atoms with Crippen molar-refractivity contribution in [3.8, 4) is 23.0 Å². The minimum atomic E-state index is -4.37. The molecule has 128 valence electrons. The molecule has 1 unspecified atom stereocenters. The van der Waals surface area contributed by atoms with Crippen molar-refractivity contribution in [2.45, 2.75) is 18.7 Å². The van der Waals surface area contributed by atoms with Gasteiger partial charge in [-0.1, -0.05) is 18.2 Å². The van der Waals surface area contributed by atoms with Crippen LogP contribution in [0.25, 0.3) is 11.3 Å². The summed E-state index contributed by atoms with van der Waals surface area (Å²) in [6.45, 7) is 0. The van der Waals surface area contributed by atoms with Crippen LogP contribution in [0.3, 0.4) is 0 Å². The van der Waals surface area contributed by atoms with Crippen molar-refractivity contribution in [1.82, 2.24) is 5.16 Å². The lowest BCUT2D eigenvalue weighted by molar-refractivity contribution is -0.137. The second-order valence-corrected chi connectivity index (χ2v) is 5.81. The topological polar surface area (TPSA) is 55.5 Å². The normalized spacial score (nSPS) is 16.5. The molecular weight excluding hydrogens is 335 g/mol. The summed E-state index contributed by atoms with van der Waals surface area (Å²) in [5, 5.41) is 12.7. The van der Waals surface area contributed by atoms with Gasteiger partial charge in [-0.15, -0.1) is 0 Å². The van der Waals surface area contributed by atoms with Crippen LogP contribution in [0, 0.1) is 0 Å². The van der Waals surface area contributed by atoms with E-state index in [1.807, 2.05) is 6.07 Å². The van der Waals surface area contributed by atoms with Crippen LogP contribution >= 0.6 is 0 Å². The number of halogens is 3. The first-order chi connectivity index (χ1) is 11.9. The molecule has 25 heavy (non-hydrogen) atoms. The first kappa shape index (κ1) is 15.6. The molecule has 4 nitrogen and oxygen atoms in total. The summed E-state index contributed by atoms with van der Waals surface area (Å²) in [7, 11) is 0. The van der Waals surface area contributed by atoms with Gasteiger partial charge in [-0.3, -0.25) is 0 Å². The molecule has 1 atom stereocenters. The fraction of sp³-hybridized carbons (Fsp3) is 0.167. The zero-order chi connectivity index (χ0) is 17.6. The molecule has 0 amide bonds. The lowest BCUT2D eigenvalue weighted by Crippen LogP contribution is -2.04. The van der Waals surface area contributed by atoms with Gasteiger partial charge in [0.15, 0.2) is 5.76 Å². The highest BCUT2D eigenvalue weighted by Gasteiger charge is 2.33. The molecule has 0 radical (unpaired) electrons. The van der Waals surface area contributed by atoms with Gasteiger partial charge in [-0.05, 0) is 40.5 Å². The number of hydrogen-bond donors (Lipinski definition) is 1. The van der Waals surface area contributed by atoms with Gasteiger partial charge in [0, 0.05) is 18.1 Å². The van der Waals surface area contributed by atoms with Crippen LogP contribution in [0.15, 0.2) is 53.1 Å². The molecule has 1 aromatic heterocycles. The number of nitrogens with zero attached hydrogens (tertiary/aromatic N) is 1. The Balaban J connectivity index is 1.62. The Bertz CT molecular complexity index is 933. The van der Waals surface area contributed by atoms with Crippen LogP contribution in [0.2, 0.25) is 0 Å². The van der Waals surface area contributed by atoms with Crippen LogP contribution in [-0.2, 0) is 12.6 Å². The Hall–Kier alpha value is -2.96. The summed E-state index contributed by atoms with van der Waals surface area (Å²) < 4.78 is 49.3. The summed E-state index contributed by atoms with van der Waals surface area (Å²) in [6.07, 6.45) is -4.40. The zero-order valence-electron chi connectivity index (χ0n) is 12.7. The first-order valence-corrected chi connectivity index (χ1v) is 7.53. The summed E-state index contributed by atoms with van der Waals surface area (Å²) in [5.74, 6) is 0.638. The van der Waals surface area contributed by atoms with Crippen molar-refractivity contribution < 1.29 is 27.5 Å². The molecule has 7 heteroatoms. The van der Waals surface area contributed by atoms with E-state index in [2.05, 4.69) is 5.16 Å². The van der Waals surface area contributed by atoms with E-state index < -0.39 is 11.7 Å². The molecule has 1 N–H and O–H groups in total. The van der Waals surface area contributed by atoms with Gasteiger partial charge in [0.05, 0.1) is 5.56 Å². The number of ether oxygens (including phenoxy) is 1. The van der Waals surface area contributed by atoms with Gasteiger partial charge < -0.3 is 14.4 Å². The van der Waals surface area contributed by atoms with Crippen molar-refractivity contribution in [3.05, 3.63) is 65.2 Å². The Morgan fingerprint density at radius 2 is 1.92 bits per heavy atom. The highest BCUT2D eigenvalue weighted by atomic mass is 19.4. The maximum atomic E-state index is 12.8. The van der Waals surface area contributed by atoms with Crippen molar-refractivity contribution >= 4 is 0 Å². The van der Waals surface area contributed by atoms with E-state index in [4.69, 9.17) is 9.26 Å². The van der Waals surface area contributed by atoms with Crippen LogP contribution < -0.4 is 4.74 Å². The monoisotopic (exact) mass is 347 g/mol. The zero-order valence-corrected chi connectivity index (χ0v) is 12.7. The molecule has 0 spiro atoms. The third-order valence-corrected chi connectivity index (χ3v) is 4.10. The second-order valence-electron chi connectivity index (χ2n) is 5.81. The SMILES string of the molecule is Oc1cc(-c2cccc(C3Cc4cc(C(F)(F)F)ccc4O3)c2)on1. The maximum absolute atomic E-state index is 12.8. The van der Waals surface area contributed by atoms with Crippen molar-refractivity contribution in [2.75, 3.05) is 0 Å². The highest BCUT2D eigenvalue weighted by Crippen LogP contribution is 2.40. The number of hydrogen-bond acceptors (Lipinski definition) is 4. The highest BCUT2D eigenvalue weighted by molar-refractivity contribution is 5.59. The Labute approximate surface area is 140 Å². The molecule has 0 fully saturated rings. The molecule has 0 aliphatic carbocycles. The molecule has 0 saturated carbocycles. The first-order valence-electron chi connectivity index (χ1n) is 7.53. The fourth-order valence-electron chi connectivity index (χ4n) is 2.90. The van der Waals surface area contributed by atoms with Gasteiger partial charge >= 0.3 is 6.18 Å². The lowest BCUT2D eigenvalue weighted by atomic mass is 10.00. The lowest BCUT2D eigenvalue weighted by Gasteiger charge is -2.11. The standard InChI is InChI=1S/C18H12F3NO3/c19-18(20,21)13-4-5-14-12(7-13)8-15(24-14)10-2-1-3-11(6-10)16-9-17(23)22-25-16/h1-7,9,15H,8H2,(H,22,23). The summed E-state index contributed by atoms with van der Waals surface area (Å²) in [6, 6.07) is 12.1.